The lowest BCUT2D eigenvalue weighted by atomic mass is 9.97. The fraction of sp³-hybridized carbons (Fsp3) is 0.0233. The normalized spacial score (nSPS) is 14.9. The molecule has 3 aromatic heterocycles. The summed E-state index contributed by atoms with van der Waals surface area (Å²) in [6.07, 6.45) is 1.88. The summed E-state index contributed by atoms with van der Waals surface area (Å²) in [5.41, 5.74) is 11.3. The van der Waals surface area contributed by atoms with Crippen molar-refractivity contribution in [3.8, 4) is 11.3 Å². The van der Waals surface area contributed by atoms with Crippen molar-refractivity contribution in [2.75, 3.05) is 0 Å². The molecule has 4 heterocycles. The minimum absolute atomic E-state index is 0.281. The molecule has 0 fully saturated rings. The zero-order chi connectivity index (χ0) is 31.6. The average Bonchev–Trinajstić information content (AvgIpc) is 3.74. The Balaban J connectivity index is 1.21. The van der Waals surface area contributed by atoms with Crippen LogP contribution in [0.2, 0.25) is 0 Å². The van der Waals surface area contributed by atoms with Gasteiger partial charge >= 0.3 is 0 Å². The number of hydrogen-bond acceptors (Lipinski definition) is 5. The molecular weight excluding hydrogens is 590 g/mol. The van der Waals surface area contributed by atoms with Gasteiger partial charge in [0.2, 0.25) is 0 Å². The van der Waals surface area contributed by atoms with Crippen LogP contribution in [0.15, 0.2) is 165 Å². The Hall–Kier alpha value is -6.46. The molecule has 0 amide bonds. The molecule has 0 saturated carbocycles. The lowest BCUT2D eigenvalue weighted by Gasteiger charge is -2.25. The smallest absolute Gasteiger partial charge is 0.147 e. The van der Waals surface area contributed by atoms with Crippen molar-refractivity contribution in [1.82, 2.24) is 10.3 Å². The van der Waals surface area contributed by atoms with Crippen LogP contribution in [-0.2, 0) is 0 Å². The zero-order valence-electron chi connectivity index (χ0n) is 25.7. The topological polar surface area (TPSA) is 63.6 Å². The number of allylic oxidation sites excluding steroid dienone is 1. The molecule has 0 bridgehead atoms. The molecule has 1 aliphatic rings. The molecular formula is C43H27N3O2. The van der Waals surface area contributed by atoms with E-state index in [0.717, 1.165) is 94.1 Å². The van der Waals surface area contributed by atoms with Gasteiger partial charge < -0.3 is 14.2 Å². The van der Waals surface area contributed by atoms with Crippen LogP contribution in [0, 0.1) is 0 Å². The molecule has 48 heavy (non-hydrogen) atoms. The van der Waals surface area contributed by atoms with E-state index in [4.69, 9.17) is 18.8 Å². The third kappa shape index (κ3) is 4.18. The molecule has 10 rings (SSSR count). The molecule has 1 aliphatic heterocycles. The molecule has 1 unspecified atom stereocenters. The monoisotopic (exact) mass is 617 g/mol. The molecule has 0 radical (unpaired) electrons. The van der Waals surface area contributed by atoms with E-state index in [2.05, 4.69) is 108 Å². The van der Waals surface area contributed by atoms with Gasteiger partial charge in [0.1, 0.15) is 28.5 Å². The average molecular weight is 618 g/mol. The third-order valence-electron chi connectivity index (χ3n) is 9.30. The summed E-state index contributed by atoms with van der Waals surface area (Å²) < 4.78 is 12.9. The van der Waals surface area contributed by atoms with Crippen LogP contribution in [0.4, 0.5) is 0 Å². The first-order valence-corrected chi connectivity index (χ1v) is 16.1. The predicted octanol–water partition coefficient (Wildman–Crippen LogP) is 10.8. The van der Waals surface area contributed by atoms with Crippen LogP contribution in [-0.4, -0.2) is 10.7 Å². The second-order valence-electron chi connectivity index (χ2n) is 12.2. The molecule has 1 atom stereocenters. The Morgan fingerprint density at radius 2 is 1.27 bits per heavy atom. The van der Waals surface area contributed by atoms with Crippen molar-refractivity contribution in [2.45, 2.75) is 6.17 Å². The molecule has 0 aliphatic carbocycles. The second-order valence-corrected chi connectivity index (χ2v) is 12.2. The molecule has 226 valence electrons. The van der Waals surface area contributed by atoms with E-state index in [9.17, 15) is 0 Å². The second kappa shape index (κ2) is 10.5. The molecule has 1 N–H and O–H groups in total. The van der Waals surface area contributed by atoms with Crippen molar-refractivity contribution >= 4 is 66.2 Å². The first kappa shape index (κ1) is 26.7. The molecule has 9 aromatic rings. The van der Waals surface area contributed by atoms with E-state index >= 15 is 0 Å². The highest BCUT2D eigenvalue weighted by atomic mass is 16.3. The lowest BCUT2D eigenvalue weighted by molar-refractivity contribution is 0.662. The number of nitrogens with zero attached hydrogens (tertiary/aromatic N) is 2. The Morgan fingerprint density at radius 1 is 0.542 bits per heavy atom. The minimum Gasteiger partial charge on any atom is -0.456 e. The number of rotatable bonds is 4. The van der Waals surface area contributed by atoms with Gasteiger partial charge in [-0.3, -0.25) is 4.99 Å². The van der Waals surface area contributed by atoms with E-state index in [0.29, 0.717) is 0 Å². The summed E-state index contributed by atoms with van der Waals surface area (Å²) in [5, 5.41) is 8.93. The summed E-state index contributed by atoms with van der Waals surface area (Å²) in [6, 6.07) is 49.7. The first-order chi connectivity index (χ1) is 23.8. The van der Waals surface area contributed by atoms with E-state index in [1.807, 2.05) is 48.5 Å². The van der Waals surface area contributed by atoms with Crippen LogP contribution < -0.4 is 5.32 Å². The fourth-order valence-corrected chi connectivity index (χ4v) is 7.07. The number of benzene rings is 6. The van der Waals surface area contributed by atoms with Gasteiger partial charge in [0.25, 0.3) is 0 Å². The number of furan rings is 2. The number of fused-ring (bicyclic) bond motifs is 8. The minimum atomic E-state index is -0.281. The number of pyridine rings is 1. The highest BCUT2D eigenvalue weighted by Gasteiger charge is 2.24. The van der Waals surface area contributed by atoms with E-state index < -0.39 is 0 Å². The third-order valence-corrected chi connectivity index (χ3v) is 9.30. The maximum atomic E-state index is 6.61. The van der Waals surface area contributed by atoms with E-state index in [1.54, 1.807) is 0 Å². The quantitative estimate of drug-likeness (QED) is 0.213. The van der Waals surface area contributed by atoms with Crippen molar-refractivity contribution in [1.29, 1.82) is 0 Å². The Labute approximate surface area is 275 Å². The van der Waals surface area contributed by atoms with Crippen LogP contribution >= 0.6 is 0 Å². The van der Waals surface area contributed by atoms with Gasteiger partial charge in [-0.15, -0.1) is 0 Å². The number of nitrogens with one attached hydrogen (secondary N) is 1. The number of aromatic nitrogens is 1. The zero-order valence-corrected chi connectivity index (χ0v) is 25.7. The van der Waals surface area contributed by atoms with Crippen LogP contribution in [0.5, 0.6) is 0 Å². The highest BCUT2D eigenvalue weighted by Crippen LogP contribution is 2.41. The molecule has 0 saturated heterocycles. The van der Waals surface area contributed by atoms with Gasteiger partial charge in [-0.05, 0) is 54.1 Å². The van der Waals surface area contributed by atoms with Crippen molar-refractivity contribution in [3.63, 3.8) is 0 Å². The summed E-state index contributed by atoms with van der Waals surface area (Å²) >= 11 is 0. The van der Waals surface area contributed by atoms with Crippen LogP contribution in [0.25, 0.3) is 71.7 Å². The molecule has 0 spiro atoms. The SMILES string of the molecule is C1=C(c2cccc3oc4ccccc4c23)NC(c2ccccc2)N=C1c1ccc2oc3c4ccccc4nc(-c4ccccc4)c3c2c1. The summed E-state index contributed by atoms with van der Waals surface area (Å²) in [6.45, 7) is 0. The Morgan fingerprint density at radius 3 is 2.15 bits per heavy atom. The standard InChI is InChI=1S/C43H27N3O2/c1-3-12-26(13-4-1)41-40-32-24-28(22-23-37(32)48-42(40)30-16-7-9-19-33(30)44-41)34-25-35(46-43(45-34)27-14-5-2-6-15-27)29-18-11-21-38-39(29)31-17-8-10-20-36(31)47-38/h1-25,43,46H. The fourth-order valence-electron chi connectivity index (χ4n) is 7.07. The number of para-hydroxylation sites is 2. The van der Waals surface area contributed by atoms with E-state index in [1.165, 1.54) is 0 Å². The van der Waals surface area contributed by atoms with Gasteiger partial charge in [-0.2, -0.15) is 0 Å². The predicted molar refractivity (Wildman–Crippen MR) is 195 cm³/mol. The van der Waals surface area contributed by atoms with Gasteiger partial charge in [0, 0.05) is 43.9 Å². The highest BCUT2D eigenvalue weighted by molar-refractivity contribution is 6.22. The first-order valence-electron chi connectivity index (χ1n) is 16.1. The van der Waals surface area contributed by atoms with Crippen molar-refractivity contribution in [2.24, 2.45) is 4.99 Å². The Kier molecular flexibility index (Phi) is 5.87. The van der Waals surface area contributed by atoms with Crippen LogP contribution in [0.3, 0.4) is 0 Å². The number of hydrogen-bond donors (Lipinski definition) is 1. The van der Waals surface area contributed by atoms with E-state index in [-0.39, 0.29) is 6.17 Å². The van der Waals surface area contributed by atoms with Crippen molar-refractivity contribution < 1.29 is 8.83 Å². The molecule has 5 heteroatoms. The maximum absolute atomic E-state index is 6.61. The van der Waals surface area contributed by atoms with Crippen LogP contribution in [0.1, 0.15) is 22.9 Å². The Bertz CT molecular complexity index is 2760. The summed E-state index contributed by atoms with van der Waals surface area (Å²) in [5.74, 6) is 0. The largest absolute Gasteiger partial charge is 0.456 e. The van der Waals surface area contributed by atoms with Gasteiger partial charge in [-0.1, -0.05) is 103 Å². The number of aliphatic imine (C=N–C) groups is 1. The maximum Gasteiger partial charge on any atom is 0.147 e. The van der Waals surface area contributed by atoms with Gasteiger partial charge in [0.05, 0.1) is 22.3 Å². The summed E-state index contributed by atoms with van der Waals surface area (Å²) in [4.78, 5) is 10.5. The lowest BCUT2D eigenvalue weighted by Crippen LogP contribution is -2.24. The van der Waals surface area contributed by atoms with Crippen molar-refractivity contribution in [3.05, 3.63) is 168 Å². The summed E-state index contributed by atoms with van der Waals surface area (Å²) in [7, 11) is 0. The molecule has 6 aromatic carbocycles. The van der Waals surface area contributed by atoms with Gasteiger partial charge in [0.15, 0.2) is 0 Å². The van der Waals surface area contributed by atoms with Gasteiger partial charge in [-0.25, -0.2) is 4.98 Å². The molecule has 5 nitrogen and oxygen atoms in total.